The fraction of sp³-hybridized carbons (Fsp3) is 0.400. The maximum Gasteiger partial charge on any atom is 0.372 e. The van der Waals surface area contributed by atoms with Gasteiger partial charge < -0.3 is 24.9 Å². The Balaban J connectivity index is 1.68. The fourth-order valence-corrected chi connectivity index (χ4v) is 3.21. The molecule has 1 fully saturated rings. The predicted molar refractivity (Wildman–Crippen MR) is 89.6 cm³/mol. The number of thiophene rings is 1. The van der Waals surface area contributed by atoms with Gasteiger partial charge in [0.05, 0.1) is 6.61 Å². The lowest BCUT2D eigenvalue weighted by Gasteiger charge is -2.17. The molecule has 0 aliphatic carbocycles. The van der Waals surface area contributed by atoms with E-state index in [9.17, 15) is 19.8 Å². The molecule has 1 aliphatic heterocycles. The lowest BCUT2D eigenvalue weighted by atomic mass is 10.1. The molecule has 26 heavy (non-hydrogen) atoms. The molecule has 4 atom stereocenters. The first-order valence-electron chi connectivity index (χ1n) is 7.66. The van der Waals surface area contributed by atoms with Gasteiger partial charge in [-0.25, -0.2) is 9.59 Å². The maximum atomic E-state index is 12.1. The van der Waals surface area contributed by atoms with Crippen molar-refractivity contribution in [3.8, 4) is 0 Å². The molecule has 1 aliphatic rings. The summed E-state index contributed by atoms with van der Waals surface area (Å²) in [5, 5.41) is 28.8. The van der Waals surface area contributed by atoms with Gasteiger partial charge in [0, 0.05) is 17.1 Å². The van der Waals surface area contributed by atoms with Gasteiger partial charge in [-0.3, -0.25) is 4.57 Å². The summed E-state index contributed by atoms with van der Waals surface area (Å²) in [5.74, 6) is -0.628. The number of aromatic nitrogens is 2. The Bertz CT molecular complexity index is 852. The van der Waals surface area contributed by atoms with Crippen LogP contribution >= 0.6 is 11.3 Å². The minimum Gasteiger partial charge on any atom is -0.394 e. The lowest BCUT2D eigenvalue weighted by Crippen LogP contribution is -2.36. The number of aliphatic hydroxyl groups excluding tert-OH is 3. The Morgan fingerprint density at radius 3 is 2.73 bits per heavy atom. The summed E-state index contributed by atoms with van der Waals surface area (Å²) in [6.45, 7) is 1.35. The molecule has 0 spiro atoms. The Morgan fingerprint density at radius 1 is 1.38 bits per heavy atom. The Hall–Kier alpha value is -2.31. The number of rotatable bonds is 5. The molecule has 0 amide bonds. The standard InChI is InChI=1S/C15H17N3O7S/c1-7-2-3-9(26-7)14(22)25-17-10-4-5-18(15(23)16-10)13-12(21)11(20)8(6-19)24-13/h2-5,8,11-13,19-21H,6H2,1H3,(H,16,17,23)/t8-,11-,12-,13-/m1/s1. The Labute approximate surface area is 151 Å². The predicted octanol–water partition coefficient (Wildman–Crippen LogP) is -0.591. The lowest BCUT2D eigenvalue weighted by molar-refractivity contribution is -0.0549. The minimum absolute atomic E-state index is 0.0142. The SMILES string of the molecule is Cc1ccc(C(=O)ONc2ccn([C@@H]3O[C@H](CO)[C@@H](O)[C@H]3O)c(=O)n2)s1. The van der Waals surface area contributed by atoms with Gasteiger partial charge in [-0.2, -0.15) is 10.5 Å². The van der Waals surface area contributed by atoms with Crippen molar-refractivity contribution >= 4 is 23.1 Å². The van der Waals surface area contributed by atoms with E-state index >= 15 is 0 Å². The second kappa shape index (κ2) is 7.51. The summed E-state index contributed by atoms with van der Waals surface area (Å²) in [6, 6.07) is 4.74. The zero-order valence-electron chi connectivity index (χ0n) is 13.6. The molecule has 2 aromatic heterocycles. The topological polar surface area (TPSA) is 143 Å². The van der Waals surface area contributed by atoms with Crippen LogP contribution in [0.5, 0.6) is 0 Å². The highest BCUT2D eigenvalue weighted by molar-refractivity contribution is 7.13. The molecule has 1 saturated heterocycles. The molecular formula is C15H17N3O7S. The minimum atomic E-state index is -1.40. The van der Waals surface area contributed by atoms with E-state index in [-0.39, 0.29) is 5.82 Å². The van der Waals surface area contributed by atoms with E-state index in [2.05, 4.69) is 10.5 Å². The first-order chi connectivity index (χ1) is 12.4. The average molecular weight is 383 g/mol. The molecule has 0 bridgehead atoms. The number of ether oxygens (including phenoxy) is 1. The van der Waals surface area contributed by atoms with Crippen LogP contribution in [0.15, 0.2) is 29.2 Å². The summed E-state index contributed by atoms with van der Waals surface area (Å²) < 4.78 is 6.24. The largest absolute Gasteiger partial charge is 0.394 e. The number of hydrogen-bond donors (Lipinski definition) is 4. The number of carbonyl (C=O) groups excluding carboxylic acids is 1. The molecule has 2 aromatic rings. The average Bonchev–Trinajstić information content (AvgIpc) is 3.18. The number of aryl methyl sites for hydroxylation is 1. The molecule has 4 N–H and O–H groups in total. The van der Waals surface area contributed by atoms with Crippen LogP contribution in [0, 0.1) is 6.92 Å². The molecule has 0 radical (unpaired) electrons. The van der Waals surface area contributed by atoms with Crippen molar-refractivity contribution in [3.05, 3.63) is 44.6 Å². The summed E-state index contributed by atoms with van der Waals surface area (Å²) in [7, 11) is 0. The zero-order valence-corrected chi connectivity index (χ0v) is 14.4. The van der Waals surface area contributed by atoms with Gasteiger partial charge in [0.15, 0.2) is 12.0 Å². The van der Waals surface area contributed by atoms with Crippen LogP contribution in [0.2, 0.25) is 0 Å². The van der Waals surface area contributed by atoms with E-state index < -0.39 is 42.8 Å². The van der Waals surface area contributed by atoms with Gasteiger partial charge in [-0.1, -0.05) is 0 Å². The number of carbonyl (C=O) groups is 1. The molecule has 11 heteroatoms. The van der Waals surface area contributed by atoms with Crippen molar-refractivity contribution in [1.29, 1.82) is 0 Å². The second-order valence-electron chi connectivity index (χ2n) is 5.63. The van der Waals surface area contributed by atoms with Gasteiger partial charge in [0.1, 0.15) is 23.2 Å². The van der Waals surface area contributed by atoms with Crippen molar-refractivity contribution in [3.63, 3.8) is 0 Å². The molecule has 3 heterocycles. The highest BCUT2D eigenvalue weighted by Crippen LogP contribution is 2.28. The van der Waals surface area contributed by atoms with Crippen LogP contribution in [0.3, 0.4) is 0 Å². The molecule has 0 saturated carbocycles. The van der Waals surface area contributed by atoms with E-state index in [1.54, 1.807) is 12.1 Å². The van der Waals surface area contributed by atoms with E-state index in [4.69, 9.17) is 14.7 Å². The number of nitrogens with zero attached hydrogens (tertiary/aromatic N) is 2. The molecular weight excluding hydrogens is 366 g/mol. The van der Waals surface area contributed by atoms with Crippen molar-refractivity contribution in [2.75, 3.05) is 12.1 Å². The van der Waals surface area contributed by atoms with Crippen molar-refractivity contribution in [1.82, 2.24) is 9.55 Å². The van der Waals surface area contributed by atoms with E-state index in [1.165, 1.54) is 23.6 Å². The third-order valence-corrected chi connectivity index (χ3v) is 4.79. The number of aliphatic hydroxyl groups is 3. The van der Waals surface area contributed by atoms with E-state index in [0.29, 0.717) is 4.88 Å². The summed E-state index contributed by atoms with van der Waals surface area (Å²) >= 11 is 1.27. The summed E-state index contributed by atoms with van der Waals surface area (Å²) in [4.78, 5) is 33.9. The third kappa shape index (κ3) is 3.61. The number of anilines is 1. The second-order valence-corrected chi connectivity index (χ2v) is 6.92. The first-order valence-corrected chi connectivity index (χ1v) is 8.47. The van der Waals surface area contributed by atoms with Gasteiger partial charge in [-0.15, -0.1) is 11.3 Å². The van der Waals surface area contributed by atoms with Crippen molar-refractivity contribution in [2.45, 2.75) is 31.5 Å². The Kier molecular flexibility index (Phi) is 5.34. The molecule has 10 nitrogen and oxygen atoms in total. The molecule has 3 rings (SSSR count). The van der Waals surface area contributed by atoms with Crippen molar-refractivity contribution < 1.29 is 29.7 Å². The Morgan fingerprint density at radius 2 is 2.15 bits per heavy atom. The van der Waals surface area contributed by atoms with Gasteiger partial charge in [0.25, 0.3) is 0 Å². The van der Waals surface area contributed by atoms with Crippen LogP contribution in [0.1, 0.15) is 20.8 Å². The van der Waals surface area contributed by atoms with E-state index in [1.807, 2.05) is 6.92 Å². The fourth-order valence-electron chi connectivity index (χ4n) is 2.47. The van der Waals surface area contributed by atoms with Gasteiger partial charge >= 0.3 is 11.7 Å². The smallest absolute Gasteiger partial charge is 0.372 e. The molecule has 0 unspecified atom stereocenters. The maximum absolute atomic E-state index is 12.1. The van der Waals surface area contributed by atoms with E-state index in [0.717, 1.165) is 9.44 Å². The van der Waals surface area contributed by atoms with Gasteiger partial charge in [-0.05, 0) is 19.1 Å². The zero-order chi connectivity index (χ0) is 18.8. The van der Waals surface area contributed by atoms with Crippen LogP contribution in [-0.4, -0.2) is 55.8 Å². The summed E-state index contributed by atoms with van der Waals surface area (Å²) in [5.41, 5.74) is 1.49. The molecule has 140 valence electrons. The highest BCUT2D eigenvalue weighted by atomic mass is 32.1. The van der Waals surface area contributed by atoms with Crippen LogP contribution in [0.25, 0.3) is 0 Å². The van der Waals surface area contributed by atoms with Gasteiger partial charge in [0.2, 0.25) is 0 Å². The number of hydrogen-bond acceptors (Lipinski definition) is 10. The van der Waals surface area contributed by atoms with Crippen LogP contribution in [-0.2, 0) is 9.57 Å². The normalized spacial score (nSPS) is 25.2. The summed E-state index contributed by atoms with van der Waals surface area (Å²) in [6.07, 6.45) is -3.65. The molecule has 0 aromatic carbocycles. The van der Waals surface area contributed by atoms with Crippen LogP contribution in [0.4, 0.5) is 5.82 Å². The van der Waals surface area contributed by atoms with Crippen LogP contribution < -0.4 is 11.2 Å². The van der Waals surface area contributed by atoms with Crippen molar-refractivity contribution in [2.24, 2.45) is 0 Å². The highest BCUT2D eigenvalue weighted by Gasteiger charge is 2.43. The number of nitrogens with one attached hydrogen (secondary N) is 1. The monoisotopic (exact) mass is 383 g/mol. The third-order valence-electron chi connectivity index (χ3n) is 3.81. The quantitative estimate of drug-likeness (QED) is 0.498. The first kappa shape index (κ1) is 18.5.